The van der Waals surface area contributed by atoms with Gasteiger partial charge in [0.15, 0.2) is 5.79 Å². The van der Waals surface area contributed by atoms with Gasteiger partial charge in [0.2, 0.25) is 0 Å². The molecule has 3 fully saturated rings. The van der Waals surface area contributed by atoms with Crippen molar-refractivity contribution >= 4 is 0 Å². The molecular formula is C15H28N2O2. The van der Waals surface area contributed by atoms with Gasteiger partial charge in [0.1, 0.15) is 0 Å². The van der Waals surface area contributed by atoms with Crippen molar-refractivity contribution in [2.45, 2.75) is 50.9 Å². The fourth-order valence-corrected chi connectivity index (χ4v) is 3.87. The lowest BCUT2D eigenvalue weighted by atomic mass is 9.87. The molecule has 2 N–H and O–H groups in total. The molecule has 2 heterocycles. The van der Waals surface area contributed by atoms with Crippen molar-refractivity contribution in [1.29, 1.82) is 0 Å². The van der Waals surface area contributed by atoms with E-state index in [1.165, 1.54) is 25.8 Å². The van der Waals surface area contributed by atoms with E-state index in [2.05, 4.69) is 11.8 Å². The van der Waals surface area contributed by atoms with Crippen molar-refractivity contribution in [2.24, 2.45) is 17.6 Å². The Hall–Kier alpha value is -0.160. The molecule has 0 radical (unpaired) electrons. The van der Waals surface area contributed by atoms with Gasteiger partial charge in [-0.25, -0.2) is 0 Å². The van der Waals surface area contributed by atoms with Crippen molar-refractivity contribution in [1.82, 2.24) is 4.90 Å². The van der Waals surface area contributed by atoms with Crippen molar-refractivity contribution < 1.29 is 9.47 Å². The summed E-state index contributed by atoms with van der Waals surface area (Å²) in [5, 5.41) is 0. The van der Waals surface area contributed by atoms with Gasteiger partial charge in [-0.3, -0.25) is 0 Å². The summed E-state index contributed by atoms with van der Waals surface area (Å²) in [4.78, 5) is 2.53. The van der Waals surface area contributed by atoms with Gasteiger partial charge in [-0.2, -0.15) is 0 Å². The number of hydrogen-bond acceptors (Lipinski definition) is 4. The normalized spacial score (nSPS) is 39.2. The number of ether oxygens (including phenoxy) is 2. The smallest absolute Gasteiger partial charge is 0.168 e. The molecule has 4 heteroatoms. The number of nitrogens with two attached hydrogens (primary N) is 1. The van der Waals surface area contributed by atoms with E-state index in [1.807, 2.05) is 0 Å². The number of rotatable bonds is 3. The molecule has 110 valence electrons. The van der Waals surface area contributed by atoms with Crippen LogP contribution in [0.25, 0.3) is 0 Å². The van der Waals surface area contributed by atoms with E-state index < -0.39 is 0 Å². The lowest BCUT2D eigenvalue weighted by Crippen LogP contribution is -2.46. The second kappa shape index (κ2) is 5.68. The van der Waals surface area contributed by atoms with E-state index in [1.54, 1.807) is 0 Å². The van der Waals surface area contributed by atoms with E-state index in [9.17, 15) is 0 Å². The minimum absolute atomic E-state index is 0.207. The zero-order valence-electron chi connectivity index (χ0n) is 12.1. The zero-order valence-corrected chi connectivity index (χ0v) is 12.1. The topological polar surface area (TPSA) is 47.7 Å². The fourth-order valence-electron chi connectivity index (χ4n) is 3.87. The van der Waals surface area contributed by atoms with Gasteiger partial charge in [0, 0.05) is 25.9 Å². The zero-order chi connectivity index (χ0) is 13.3. The molecule has 19 heavy (non-hydrogen) atoms. The number of piperidine rings is 1. The highest BCUT2D eigenvalue weighted by molar-refractivity contribution is 4.86. The molecule has 0 aromatic carbocycles. The third kappa shape index (κ3) is 2.97. The molecule has 2 saturated heterocycles. The van der Waals surface area contributed by atoms with E-state index >= 15 is 0 Å². The average molecular weight is 268 g/mol. The molecule has 4 nitrogen and oxygen atoms in total. The Bertz CT molecular complexity index is 305. The molecule has 0 bridgehead atoms. The van der Waals surface area contributed by atoms with Gasteiger partial charge in [-0.05, 0) is 44.2 Å². The monoisotopic (exact) mass is 268 g/mol. The van der Waals surface area contributed by atoms with Crippen LogP contribution < -0.4 is 5.73 Å². The van der Waals surface area contributed by atoms with Gasteiger partial charge in [-0.1, -0.05) is 6.92 Å². The van der Waals surface area contributed by atoms with Crippen molar-refractivity contribution in [3.8, 4) is 0 Å². The predicted octanol–water partition coefficient (Wildman–Crippen LogP) is 1.59. The van der Waals surface area contributed by atoms with Crippen LogP contribution in [0.1, 0.15) is 39.0 Å². The predicted molar refractivity (Wildman–Crippen MR) is 74.8 cm³/mol. The van der Waals surface area contributed by atoms with Crippen molar-refractivity contribution in [3.05, 3.63) is 0 Å². The summed E-state index contributed by atoms with van der Waals surface area (Å²) in [6.45, 7) is 7.25. The molecule has 1 aliphatic carbocycles. The Morgan fingerprint density at radius 2 is 2.11 bits per heavy atom. The van der Waals surface area contributed by atoms with Crippen LogP contribution in [0.2, 0.25) is 0 Å². The van der Waals surface area contributed by atoms with E-state index in [-0.39, 0.29) is 11.9 Å². The Morgan fingerprint density at radius 3 is 2.84 bits per heavy atom. The van der Waals surface area contributed by atoms with E-state index in [4.69, 9.17) is 15.2 Å². The summed E-state index contributed by atoms with van der Waals surface area (Å²) in [6.07, 6.45) is 6.22. The molecule has 3 atom stereocenters. The highest BCUT2D eigenvalue weighted by Gasteiger charge is 2.44. The number of likely N-dealkylation sites (tertiary alicyclic amines) is 1. The van der Waals surface area contributed by atoms with Gasteiger partial charge in [0.25, 0.3) is 0 Å². The van der Waals surface area contributed by atoms with Crippen LogP contribution in [0.5, 0.6) is 0 Å². The average Bonchev–Trinajstić information content (AvgIpc) is 3.03. The molecule has 0 aromatic rings. The minimum Gasteiger partial charge on any atom is -0.347 e. The van der Waals surface area contributed by atoms with Crippen LogP contribution in [-0.2, 0) is 9.47 Å². The highest BCUT2D eigenvalue weighted by atomic mass is 16.7. The molecule has 3 rings (SSSR count). The van der Waals surface area contributed by atoms with Crippen LogP contribution in [-0.4, -0.2) is 49.6 Å². The second-order valence-electron chi connectivity index (χ2n) is 6.69. The number of nitrogens with zero attached hydrogens (tertiary/aromatic N) is 1. The van der Waals surface area contributed by atoms with E-state index in [0.29, 0.717) is 5.92 Å². The summed E-state index contributed by atoms with van der Waals surface area (Å²) in [6, 6.07) is 0. The fraction of sp³-hybridized carbons (Fsp3) is 1.00. The SMILES string of the molecule is CC1CCN(CC2COC3(CCCC3)O2)CC1CN. The Labute approximate surface area is 116 Å². The van der Waals surface area contributed by atoms with Gasteiger partial charge >= 0.3 is 0 Å². The lowest BCUT2D eigenvalue weighted by molar-refractivity contribution is -0.163. The van der Waals surface area contributed by atoms with Gasteiger partial charge < -0.3 is 20.1 Å². The molecule has 3 unspecified atom stereocenters. The molecule has 0 aromatic heterocycles. The summed E-state index contributed by atoms with van der Waals surface area (Å²) >= 11 is 0. The Kier molecular flexibility index (Phi) is 4.13. The van der Waals surface area contributed by atoms with Gasteiger partial charge in [-0.15, -0.1) is 0 Å². The van der Waals surface area contributed by atoms with Crippen LogP contribution in [0.15, 0.2) is 0 Å². The summed E-state index contributed by atoms with van der Waals surface area (Å²) in [7, 11) is 0. The van der Waals surface area contributed by atoms with Crippen molar-refractivity contribution in [2.75, 3.05) is 32.8 Å². The van der Waals surface area contributed by atoms with Gasteiger partial charge in [0.05, 0.1) is 12.7 Å². The summed E-state index contributed by atoms with van der Waals surface area (Å²) in [5.74, 6) is 1.21. The molecular weight excluding hydrogens is 240 g/mol. The quantitative estimate of drug-likeness (QED) is 0.844. The maximum atomic E-state index is 6.21. The van der Waals surface area contributed by atoms with Crippen molar-refractivity contribution in [3.63, 3.8) is 0 Å². The third-order valence-electron chi connectivity index (χ3n) is 5.24. The molecule has 3 aliphatic rings. The summed E-state index contributed by atoms with van der Waals surface area (Å²) < 4.78 is 12.2. The van der Waals surface area contributed by atoms with Crippen LogP contribution >= 0.6 is 0 Å². The maximum Gasteiger partial charge on any atom is 0.168 e. The largest absolute Gasteiger partial charge is 0.347 e. The number of hydrogen-bond donors (Lipinski definition) is 1. The first kappa shape index (κ1) is 13.8. The summed E-state index contributed by atoms with van der Waals surface area (Å²) in [5.41, 5.74) is 5.88. The standard InChI is InChI=1S/C15H28N2O2/c1-12-4-7-17(9-13(12)8-16)10-14-11-18-15(19-14)5-2-3-6-15/h12-14H,2-11,16H2,1H3. The third-order valence-corrected chi connectivity index (χ3v) is 5.24. The minimum atomic E-state index is -0.207. The molecule has 2 aliphatic heterocycles. The maximum absolute atomic E-state index is 6.21. The Morgan fingerprint density at radius 1 is 1.32 bits per heavy atom. The lowest BCUT2D eigenvalue weighted by Gasteiger charge is -2.37. The van der Waals surface area contributed by atoms with E-state index in [0.717, 1.165) is 45.0 Å². The molecule has 1 spiro atoms. The van der Waals surface area contributed by atoms with Crippen LogP contribution in [0.3, 0.4) is 0 Å². The second-order valence-corrected chi connectivity index (χ2v) is 6.69. The highest BCUT2D eigenvalue weighted by Crippen LogP contribution is 2.39. The molecule has 1 saturated carbocycles. The first-order chi connectivity index (χ1) is 9.21. The van der Waals surface area contributed by atoms with Crippen LogP contribution in [0.4, 0.5) is 0 Å². The molecule has 0 amide bonds. The van der Waals surface area contributed by atoms with Crippen LogP contribution in [0, 0.1) is 11.8 Å². The Balaban J connectivity index is 1.49. The first-order valence-electron chi connectivity index (χ1n) is 7.95. The first-order valence-corrected chi connectivity index (χ1v) is 7.95.